The van der Waals surface area contributed by atoms with Gasteiger partial charge in [-0.3, -0.25) is 9.69 Å². The van der Waals surface area contributed by atoms with Gasteiger partial charge in [-0.2, -0.15) is 0 Å². The van der Waals surface area contributed by atoms with Crippen molar-refractivity contribution in [3.63, 3.8) is 0 Å². The smallest absolute Gasteiger partial charge is 0.251 e. The lowest BCUT2D eigenvalue weighted by Gasteiger charge is -2.40. The molecule has 1 atom stereocenters. The van der Waals surface area contributed by atoms with Crippen LogP contribution >= 0.6 is 0 Å². The highest BCUT2D eigenvalue weighted by Crippen LogP contribution is 2.27. The van der Waals surface area contributed by atoms with Crippen LogP contribution < -0.4 is 24.6 Å². The first-order chi connectivity index (χ1) is 17.5. The highest BCUT2D eigenvalue weighted by molar-refractivity contribution is 5.95. The van der Waals surface area contributed by atoms with E-state index in [0.717, 1.165) is 31.9 Å². The number of carbonyl (C=O) groups is 1. The first kappa shape index (κ1) is 25.4. The van der Waals surface area contributed by atoms with Crippen LogP contribution in [0, 0.1) is 0 Å². The SMILES string of the molecule is COc1cc(OC)cc(C(=O)NC[C@H](c2ccc(N(C)C)cc2)N2CCN(c3ccccc3)CC2)c1. The third-order valence-corrected chi connectivity index (χ3v) is 6.74. The topological polar surface area (TPSA) is 57.3 Å². The van der Waals surface area contributed by atoms with E-state index in [-0.39, 0.29) is 11.9 Å². The molecular weight excluding hydrogens is 452 g/mol. The van der Waals surface area contributed by atoms with Crippen molar-refractivity contribution in [1.29, 1.82) is 0 Å². The Kier molecular flexibility index (Phi) is 8.33. The quantitative estimate of drug-likeness (QED) is 0.490. The van der Waals surface area contributed by atoms with Crippen molar-refractivity contribution in [2.45, 2.75) is 6.04 Å². The highest BCUT2D eigenvalue weighted by atomic mass is 16.5. The lowest BCUT2D eigenvalue weighted by Crippen LogP contribution is -2.50. The number of ether oxygens (including phenoxy) is 2. The number of nitrogens with one attached hydrogen (secondary N) is 1. The molecule has 36 heavy (non-hydrogen) atoms. The van der Waals surface area contributed by atoms with Crippen LogP contribution in [0.2, 0.25) is 0 Å². The van der Waals surface area contributed by atoms with Gasteiger partial charge in [-0.15, -0.1) is 0 Å². The summed E-state index contributed by atoms with van der Waals surface area (Å²) < 4.78 is 10.7. The fourth-order valence-corrected chi connectivity index (χ4v) is 4.61. The van der Waals surface area contributed by atoms with Gasteiger partial charge in [0.25, 0.3) is 5.91 Å². The van der Waals surface area contributed by atoms with Crippen molar-refractivity contribution in [3.8, 4) is 11.5 Å². The van der Waals surface area contributed by atoms with E-state index in [4.69, 9.17) is 9.47 Å². The molecule has 0 spiro atoms. The predicted octanol–water partition coefficient (Wildman–Crippen LogP) is 4.06. The van der Waals surface area contributed by atoms with Gasteiger partial charge in [0.1, 0.15) is 11.5 Å². The second kappa shape index (κ2) is 11.8. The number of hydrogen-bond acceptors (Lipinski definition) is 6. The van der Waals surface area contributed by atoms with E-state index in [1.165, 1.54) is 11.3 Å². The number of amides is 1. The number of rotatable bonds is 9. The van der Waals surface area contributed by atoms with Crippen LogP contribution in [-0.4, -0.2) is 71.8 Å². The Morgan fingerprint density at radius 3 is 2.06 bits per heavy atom. The zero-order chi connectivity index (χ0) is 25.5. The molecule has 0 bridgehead atoms. The molecule has 0 aromatic heterocycles. The maximum absolute atomic E-state index is 13.1. The van der Waals surface area contributed by atoms with E-state index in [1.807, 2.05) is 20.2 Å². The van der Waals surface area contributed by atoms with E-state index in [0.29, 0.717) is 23.6 Å². The van der Waals surface area contributed by atoms with Gasteiger partial charge in [-0.1, -0.05) is 30.3 Å². The van der Waals surface area contributed by atoms with Crippen molar-refractivity contribution in [2.24, 2.45) is 0 Å². The van der Waals surface area contributed by atoms with Gasteiger partial charge in [0.2, 0.25) is 0 Å². The lowest BCUT2D eigenvalue weighted by atomic mass is 10.0. The maximum atomic E-state index is 13.1. The molecule has 190 valence electrons. The molecule has 0 aliphatic carbocycles. The summed E-state index contributed by atoms with van der Waals surface area (Å²) in [4.78, 5) is 20.1. The Bertz CT molecular complexity index is 1100. The predicted molar refractivity (Wildman–Crippen MR) is 146 cm³/mol. The Morgan fingerprint density at radius 1 is 0.889 bits per heavy atom. The van der Waals surface area contributed by atoms with Crippen LogP contribution in [0.5, 0.6) is 11.5 Å². The summed E-state index contributed by atoms with van der Waals surface area (Å²) in [5.74, 6) is 1.03. The van der Waals surface area contributed by atoms with Crippen LogP contribution in [-0.2, 0) is 0 Å². The zero-order valence-corrected chi connectivity index (χ0v) is 21.6. The van der Waals surface area contributed by atoms with Gasteiger partial charge < -0.3 is 24.6 Å². The fraction of sp³-hybridized carbons (Fsp3) is 0.345. The number of anilines is 2. The molecule has 0 saturated carbocycles. The maximum Gasteiger partial charge on any atom is 0.251 e. The third-order valence-electron chi connectivity index (χ3n) is 6.74. The summed E-state index contributed by atoms with van der Waals surface area (Å²) in [6.07, 6.45) is 0. The van der Waals surface area contributed by atoms with Crippen LogP contribution in [0.25, 0.3) is 0 Å². The van der Waals surface area contributed by atoms with E-state index in [1.54, 1.807) is 32.4 Å². The first-order valence-electron chi connectivity index (χ1n) is 12.3. The van der Waals surface area contributed by atoms with Gasteiger partial charge in [-0.05, 0) is 42.0 Å². The Morgan fingerprint density at radius 2 is 1.50 bits per heavy atom. The number of methoxy groups -OCH3 is 2. The third kappa shape index (κ3) is 6.10. The molecular formula is C29H36N4O3. The summed E-state index contributed by atoms with van der Waals surface area (Å²) in [5.41, 5.74) is 4.11. The van der Waals surface area contributed by atoms with Crippen molar-refractivity contribution >= 4 is 17.3 Å². The molecule has 3 aromatic rings. The van der Waals surface area contributed by atoms with Gasteiger partial charge in [0.05, 0.1) is 20.3 Å². The van der Waals surface area contributed by atoms with Crippen LogP contribution in [0.4, 0.5) is 11.4 Å². The van der Waals surface area contributed by atoms with E-state index >= 15 is 0 Å². The summed E-state index contributed by atoms with van der Waals surface area (Å²) in [6.45, 7) is 4.22. The van der Waals surface area contributed by atoms with Crippen LogP contribution in [0.3, 0.4) is 0 Å². The van der Waals surface area contributed by atoms with E-state index in [9.17, 15) is 4.79 Å². The second-order valence-electron chi connectivity index (χ2n) is 9.17. The normalized spacial score (nSPS) is 14.7. The van der Waals surface area contributed by atoms with E-state index < -0.39 is 0 Å². The molecule has 7 heteroatoms. The van der Waals surface area contributed by atoms with Crippen LogP contribution in [0.15, 0.2) is 72.8 Å². The number of benzene rings is 3. The molecule has 0 unspecified atom stereocenters. The zero-order valence-electron chi connectivity index (χ0n) is 21.6. The molecule has 1 fully saturated rings. The summed E-state index contributed by atoms with van der Waals surface area (Å²) in [7, 11) is 7.24. The Labute approximate surface area is 214 Å². The molecule has 7 nitrogen and oxygen atoms in total. The number of nitrogens with zero attached hydrogens (tertiary/aromatic N) is 3. The molecule has 3 aromatic carbocycles. The minimum atomic E-state index is -0.148. The van der Waals surface area contributed by atoms with Gasteiger partial charge in [-0.25, -0.2) is 0 Å². The summed E-state index contributed by atoms with van der Waals surface area (Å²) in [5, 5.41) is 3.16. The van der Waals surface area contributed by atoms with E-state index in [2.05, 4.69) is 68.5 Å². The molecule has 1 aliphatic heterocycles. The van der Waals surface area contributed by atoms with Crippen LogP contribution in [0.1, 0.15) is 22.0 Å². The minimum absolute atomic E-state index is 0.0654. The average Bonchev–Trinajstić information content (AvgIpc) is 2.93. The molecule has 1 saturated heterocycles. The largest absolute Gasteiger partial charge is 0.497 e. The number of carbonyl (C=O) groups excluding carboxylic acids is 1. The van der Waals surface area contributed by atoms with Crippen molar-refractivity contribution in [3.05, 3.63) is 83.9 Å². The Hall–Kier alpha value is -3.71. The number of para-hydroxylation sites is 1. The molecule has 1 aliphatic rings. The van der Waals surface area contributed by atoms with Gasteiger partial charge in [0, 0.05) is 69.8 Å². The average molecular weight is 489 g/mol. The molecule has 0 radical (unpaired) electrons. The Balaban J connectivity index is 1.50. The number of hydrogen-bond donors (Lipinski definition) is 1. The van der Waals surface area contributed by atoms with Crippen molar-refractivity contribution < 1.29 is 14.3 Å². The second-order valence-corrected chi connectivity index (χ2v) is 9.17. The van der Waals surface area contributed by atoms with Crippen molar-refractivity contribution in [2.75, 3.05) is 70.8 Å². The van der Waals surface area contributed by atoms with Gasteiger partial charge >= 0.3 is 0 Å². The highest BCUT2D eigenvalue weighted by Gasteiger charge is 2.26. The number of piperazine rings is 1. The molecule has 1 amide bonds. The monoisotopic (exact) mass is 488 g/mol. The standard InChI is InChI=1S/C29H36N4O3/c1-31(2)24-12-10-22(11-13-24)28(33-16-14-32(15-17-33)25-8-6-5-7-9-25)21-30-29(34)23-18-26(35-3)20-27(19-23)36-4/h5-13,18-20,28H,14-17,21H2,1-4H3,(H,30,34)/t28-/m1/s1. The molecule has 1 heterocycles. The fourth-order valence-electron chi connectivity index (χ4n) is 4.61. The summed E-state index contributed by atoms with van der Waals surface area (Å²) in [6, 6.07) is 24.4. The lowest BCUT2D eigenvalue weighted by molar-refractivity contribution is 0.0929. The van der Waals surface area contributed by atoms with Gasteiger partial charge in [0.15, 0.2) is 0 Å². The van der Waals surface area contributed by atoms with Crippen molar-refractivity contribution in [1.82, 2.24) is 10.2 Å². The molecule has 4 rings (SSSR count). The first-order valence-corrected chi connectivity index (χ1v) is 12.3. The summed E-state index contributed by atoms with van der Waals surface area (Å²) >= 11 is 0. The molecule has 1 N–H and O–H groups in total. The minimum Gasteiger partial charge on any atom is -0.497 e.